The molecule has 186 valence electrons. The first-order chi connectivity index (χ1) is 17.0. The monoisotopic (exact) mass is 496 g/mol. The fourth-order valence-corrected chi connectivity index (χ4v) is 5.31. The highest BCUT2D eigenvalue weighted by molar-refractivity contribution is 7.89. The summed E-state index contributed by atoms with van der Waals surface area (Å²) in [5, 5.41) is 8.76. The van der Waals surface area contributed by atoms with E-state index >= 15 is 0 Å². The lowest BCUT2D eigenvalue weighted by Crippen LogP contribution is -2.48. The number of piperazine rings is 1. The maximum atomic E-state index is 13.1. The zero-order chi connectivity index (χ0) is 24.7. The molecule has 1 aliphatic rings. The minimum absolute atomic E-state index is 0.285. The molecule has 1 aromatic heterocycles. The number of ether oxygens (including phenoxy) is 2. The molecule has 0 amide bonds. The van der Waals surface area contributed by atoms with Crippen molar-refractivity contribution in [3.8, 4) is 22.8 Å². The van der Waals surface area contributed by atoms with Crippen LogP contribution in [0, 0.1) is 0 Å². The fourth-order valence-electron chi connectivity index (χ4n) is 3.89. The van der Waals surface area contributed by atoms with Gasteiger partial charge in [0.15, 0.2) is 5.82 Å². The predicted octanol–water partition coefficient (Wildman–Crippen LogP) is 4.23. The summed E-state index contributed by atoms with van der Waals surface area (Å²) in [6.07, 6.45) is 2.02. The van der Waals surface area contributed by atoms with Crippen molar-refractivity contribution in [1.82, 2.24) is 14.5 Å². The van der Waals surface area contributed by atoms with Gasteiger partial charge in [-0.1, -0.05) is 13.3 Å². The minimum Gasteiger partial charge on any atom is -0.494 e. The Morgan fingerprint density at radius 1 is 0.800 bits per heavy atom. The van der Waals surface area contributed by atoms with Gasteiger partial charge in [-0.2, -0.15) is 4.31 Å². The summed E-state index contributed by atoms with van der Waals surface area (Å²) in [6, 6.07) is 18.3. The summed E-state index contributed by atoms with van der Waals surface area (Å²) in [5.74, 6) is 2.25. The van der Waals surface area contributed by atoms with Gasteiger partial charge in [-0.25, -0.2) is 8.42 Å². The van der Waals surface area contributed by atoms with Gasteiger partial charge in [0.1, 0.15) is 11.5 Å². The van der Waals surface area contributed by atoms with E-state index in [9.17, 15) is 8.42 Å². The quantitative estimate of drug-likeness (QED) is 0.388. The van der Waals surface area contributed by atoms with E-state index < -0.39 is 10.0 Å². The molecule has 0 atom stereocenters. The average molecular weight is 497 g/mol. The van der Waals surface area contributed by atoms with Crippen LogP contribution in [0.2, 0.25) is 0 Å². The van der Waals surface area contributed by atoms with E-state index in [1.807, 2.05) is 43.3 Å². The highest BCUT2D eigenvalue weighted by Gasteiger charge is 2.29. The highest BCUT2D eigenvalue weighted by atomic mass is 32.2. The number of sulfonamides is 1. The largest absolute Gasteiger partial charge is 0.494 e. The second-order valence-electron chi connectivity index (χ2n) is 8.30. The van der Waals surface area contributed by atoms with Crippen molar-refractivity contribution < 1.29 is 17.9 Å². The van der Waals surface area contributed by atoms with Crippen molar-refractivity contribution in [1.29, 1.82) is 0 Å². The van der Waals surface area contributed by atoms with Gasteiger partial charge in [-0.3, -0.25) is 0 Å². The standard InChI is InChI=1S/C26H32N4O4S/c1-3-5-20-34-23-10-12-24(13-11-23)35(31,32)30-18-16-29(17-19-30)26-15-14-25(27-28-26)21-6-8-22(9-7-21)33-4-2/h6-15H,3-5,16-20H2,1-2H3. The lowest BCUT2D eigenvalue weighted by atomic mass is 10.1. The minimum atomic E-state index is -3.56. The lowest BCUT2D eigenvalue weighted by Gasteiger charge is -2.34. The van der Waals surface area contributed by atoms with Crippen LogP contribution in [0.1, 0.15) is 26.7 Å². The molecule has 1 fully saturated rings. The SMILES string of the molecule is CCCCOc1ccc(S(=O)(=O)N2CCN(c3ccc(-c4ccc(OCC)cc4)nn3)CC2)cc1. The number of unbranched alkanes of at least 4 members (excludes halogenated alkanes) is 1. The summed E-state index contributed by atoms with van der Waals surface area (Å²) < 4.78 is 38.8. The van der Waals surface area contributed by atoms with Crippen LogP contribution in [0.5, 0.6) is 11.5 Å². The Morgan fingerprint density at radius 2 is 1.46 bits per heavy atom. The average Bonchev–Trinajstić information content (AvgIpc) is 2.90. The molecule has 0 bridgehead atoms. The van der Waals surface area contributed by atoms with Crippen LogP contribution in [0.25, 0.3) is 11.3 Å². The third-order valence-corrected chi connectivity index (χ3v) is 7.82. The van der Waals surface area contributed by atoms with Gasteiger partial charge in [0.2, 0.25) is 10.0 Å². The van der Waals surface area contributed by atoms with E-state index in [4.69, 9.17) is 9.47 Å². The van der Waals surface area contributed by atoms with Gasteiger partial charge >= 0.3 is 0 Å². The molecular formula is C26H32N4O4S. The van der Waals surface area contributed by atoms with Crippen molar-refractivity contribution in [3.05, 3.63) is 60.7 Å². The van der Waals surface area contributed by atoms with Crippen molar-refractivity contribution in [2.45, 2.75) is 31.6 Å². The normalized spacial score (nSPS) is 14.6. The van der Waals surface area contributed by atoms with Gasteiger partial charge in [-0.15, -0.1) is 10.2 Å². The summed E-state index contributed by atoms with van der Waals surface area (Å²) in [7, 11) is -3.56. The number of aromatic nitrogens is 2. The molecule has 0 unspecified atom stereocenters. The maximum absolute atomic E-state index is 13.1. The Bertz CT molecular complexity index is 1180. The molecule has 2 aromatic carbocycles. The summed E-state index contributed by atoms with van der Waals surface area (Å²) >= 11 is 0. The second kappa shape index (κ2) is 11.5. The van der Waals surface area contributed by atoms with Crippen molar-refractivity contribution in [2.75, 3.05) is 44.3 Å². The van der Waals surface area contributed by atoms with Crippen LogP contribution < -0.4 is 14.4 Å². The van der Waals surface area contributed by atoms with Crippen molar-refractivity contribution in [3.63, 3.8) is 0 Å². The Morgan fingerprint density at radius 3 is 2.06 bits per heavy atom. The van der Waals surface area contributed by atoms with Gasteiger partial charge in [0, 0.05) is 31.7 Å². The van der Waals surface area contributed by atoms with Crippen molar-refractivity contribution in [2.24, 2.45) is 0 Å². The highest BCUT2D eigenvalue weighted by Crippen LogP contribution is 2.24. The third kappa shape index (κ3) is 6.10. The van der Waals surface area contributed by atoms with E-state index in [1.165, 1.54) is 4.31 Å². The Hall–Kier alpha value is -3.17. The first-order valence-electron chi connectivity index (χ1n) is 12.1. The topological polar surface area (TPSA) is 84.9 Å². The zero-order valence-corrected chi connectivity index (χ0v) is 21.1. The van der Waals surface area contributed by atoms with Crippen LogP contribution in [0.15, 0.2) is 65.6 Å². The predicted molar refractivity (Wildman–Crippen MR) is 136 cm³/mol. The molecule has 0 aliphatic carbocycles. The molecule has 35 heavy (non-hydrogen) atoms. The van der Waals surface area contributed by atoms with Crippen LogP contribution in [-0.2, 0) is 10.0 Å². The summed E-state index contributed by atoms with van der Waals surface area (Å²) in [4.78, 5) is 2.35. The molecule has 9 heteroatoms. The van der Waals surface area contributed by atoms with E-state index in [0.717, 1.165) is 35.7 Å². The third-order valence-electron chi connectivity index (χ3n) is 5.90. The molecule has 8 nitrogen and oxygen atoms in total. The van der Waals surface area contributed by atoms with Crippen LogP contribution in [-0.4, -0.2) is 62.3 Å². The van der Waals surface area contributed by atoms with Crippen LogP contribution in [0.3, 0.4) is 0 Å². The molecule has 0 spiro atoms. The second-order valence-corrected chi connectivity index (χ2v) is 10.2. The maximum Gasteiger partial charge on any atom is 0.243 e. The van der Waals surface area contributed by atoms with Gasteiger partial charge in [-0.05, 0) is 74.0 Å². The lowest BCUT2D eigenvalue weighted by molar-refractivity contribution is 0.309. The van der Waals surface area contributed by atoms with E-state index in [0.29, 0.717) is 45.1 Å². The number of hydrogen-bond acceptors (Lipinski definition) is 7. The molecular weight excluding hydrogens is 464 g/mol. The molecule has 1 saturated heterocycles. The number of hydrogen-bond donors (Lipinski definition) is 0. The number of nitrogens with zero attached hydrogens (tertiary/aromatic N) is 4. The molecule has 2 heterocycles. The van der Waals surface area contributed by atoms with Gasteiger partial charge in [0.05, 0.1) is 23.8 Å². The van der Waals surface area contributed by atoms with E-state index in [2.05, 4.69) is 22.0 Å². The molecule has 3 aromatic rings. The van der Waals surface area contributed by atoms with Gasteiger partial charge < -0.3 is 14.4 Å². The zero-order valence-electron chi connectivity index (χ0n) is 20.3. The van der Waals surface area contributed by atoms with Gasteiger partial charge in [0.25, 0.3) is 0 Å². The molecule has 4 rings (SSSR count). The smallest absolute Gasteiger partial charge is 0.243 e. The number of benzene rings is 2. The molecule has 0 radical (unpaired) electrons. The van der Waals surface area contributed by atoms with Crippen molar-refractivity contribution >= 4 is 15.8 Å². The number of anilines is 1. The Balaban J connectivity index is 1.34. The Kier molecular flexibility index (Phi) is 8.20. The molecule has 0 saturated carbocycles. The fraction of sp³-hybridized carbons (Fsp3) is 0.385. The summed E-state index contributed by atoms with van der Waals surface area (Å²) in [6.45, 7) is 7.19. The van der Waals surface area contributed by atoms with E-state index in [1.54, 1.807) is 24.3 Å². The number of rotatable bonds is 10. The van der Waals surface area contributed by atoms with Crippen LogP contribution in [0.4, 0.5) is 5.82 Å². The summed E-state index contributed by atoms with van der Waals surface area (Å²) in [5.41, 5.74) is 1.74. The first-order valence-corrected chi connectivity index (χ1v) is 13.5. The van der Waals surface area contributed by atoms with E-state index in [-0.39, 0.29) is 4.90 Å². The van der Waals surface area contributed by atoms with Crippen LogP contribution >= 0.6 is 0 Å². The molecule has 1 aliphatic heterocycles. The molecule has 0 N–H and O–H groups in total. The first kappa shape index (κ1) is 24.9. The Labute approximate surface area is 207 Å².